The van der Waals surface area contributed by atoms with E-state index in [0.29, 0.717) is 36.6 Å². The third-order valence-electron chi connectivity index (χ3n) is 4.47. The summed E-state index contributed by atoms with van der Waals surface area (Å²) in [6.45, 7) is 4.70. The van der Waals surface area contributed by atoms with Crippen LogP contribution in [0.1, 0.15) is 39.8 Å². The van der Waals surface area contributed by atoms with E-state index in [2.05, 4.69) is 5.32 Å². The van der Waals surface area contributed by atoms with Gasteiger partial charge < -0.3 is 15.1 Å². The van der Waals surface area contributed by atoms with Crippen molar-refractivity contribution in [1.82, 2.24) is 15.1 Å². The molecule has 124 valence electrons. The van der Waals surface area contributed by atoms with Gasteiger partial charge >= 0.3 is 0 Å². The van der Waals surface area contributed by atoms with Crippen LogP contribution in [0, 0.1) is 0 Å². The van der Waals surface area contributed by atoms with E-state index in [1.165, 1.54) is 18.3 Å². The number of nitrogens with zero attached hydrogens (tertiary/aromatic N) is 2. The molecule has 3 rings (SSSR count). The van der Waals surface area contributed by atoms with Crippen LogP contribution in [-0.2, 0) is 4.79 Å². The number of carbonyl (C=O) groups is 3. The summed E-state index contributed by atoms with van der Waals surface area (Å²) in [6, 6.07) is 1.78. The van der Waals surface area contributed by atoms with Crippen molar-refractivity contribution in [2.24, 2.45) is 0 Å². The number of nitrogens with one attached hydrogen (secondary N) is 1. The maximum Gasteiger partial charge on any atom is 0.264 e. The predicted molar refractivity (Wildman–Crippen MR) is 87.8 cm³/mol. The Morgan fingerprint density at radius 2 is 2.17 bits per heavy atom. The second kappa shape index (κ2) is 6.80. The molecule has 1 aromatic heterocycles. The van der Waals surface area contributed by atoms with Gasteiger partial charge in [0.15, 0.2) is 5.78 Å². The monoisotopic (exact) mass is 335 g/mol. The highest BCUT2D eigenvalue weighted by Gasteiger charge is 2.32. The first-order chi connectivity index (χ1) is 11.1. The van der Waals surface area contributed by atoms with Gasteiger partial charge in [-0.25, -0.2) is 0 Å². The van der Waals surface area contributed by atoms with Gasteiger partial charge in [0.1, 0.15) is 0 Å². The number of hydrogen-bond acceptors (Lipinski definition) is 5. The van der Waals surface area contributed by atoms with Crippen LogP contribution in [0.15, 0.2) is 11.4 Å². The quantitative estimate of drug-likeness (QED) is 0.836. The van der Waals surface area contributed by atoms with Crippen LogP contribution in [0.4, 0.5) is 0 Å². The first-order valence-electron chi connectivity index (χ1n) is 7.95. The smallest absolute Gasteiger partial charge is 0.264 e. The van der Waals surface area contributed by atoms with Crippen molar-refractivity contribution in [2.75, 3.05) is 32.7 Å². The molecule has 0 radical (unpaired) electrons. The molecule has 1 N–H and O–H groups in total. The lowest BCUT2D eigenvalue weighted by molar-refractivity contribution is -0.135. The summed E-state index contributed by atoms with van der Waals surface area (Å²) in [5.74, 6) is 0.0588. The second-order valence-corrected chi connectivity index (χ2v) is 6.98. The van der Waals surface area contributed by atoms with Crippen molar-refractivity contribution in [2.45, 2.75) is 25.8 Å². The molecular weight excluding hydrogens is 314 g/mol. The fraction of sp³-hybridized carbons (Fsp3) is 0.562. The number of piperidine rings is 1. The molecule has 1 atom stereocenters. The SMILES string of the molecule is CC(=O)c1csc(C(=O)N2CCCC(N3CCNCC3=O)C2)c1. The van der Waals surface area contributed by atoms with Crippen LogP contribution in [0.25, 0.3) is 0 Å². The van der Waals surface area contributed by atoms with E-state index in [-0.39, 0.29) is 23.6 Å². The summed E-state index contributed by atoms with van der Waals surface area (Å²) in [5.41, 5.74) is 0.587. The van der Waals surface area contributed by atoms with E-state index in [4.69, 9.17) is 0 Å². The summed E-state index contributed by atoms with van der Waals surface area (Å²) < 4.78 is 0. The van der Waals surface area contributed by atoms with E-state index < -0.39 is 0 Å². The van der Waals surface area contributed by atoms with Crippen LogP contribution in [0.5, 0.6) is 0 Å². The van der Waals surface area contributed by atoms with E-state index in [0.717, 1.165) is 19.4 Å². The van der Waals surface area contributed by atoms with Gasteiger partial charge in [-0.3, -0.25) is 14.4 Å². The number of thiophene rings is 1. The standard InChI is InChI=1S/C16H21N3O3S/c1-11(20)12-7-14(23-10-12)16(22)18-5-2-3-13(9-18)19-6-4-17-8-15(19)21/h7,10,13,17H,2-6,8-9H2,1H3. The summed E-state index contributed by atoms with van der Waals surface area (Å²) in [4.78, 5) is 40.4. The van der Waals surface area contributed by atoms with E-state index in [1.807, 2.05) is 9.80 Å². The topological polar surface area (TPSA) is 69.7 Å². The Bertz CT molecular complexity index is 628. The number of Topliss-reactive ketones (excluding diaryl/α,β-unsaturated/α-hetero) is 1. The van der Waals surface area contributed by atoms with Crippen molar-refractivity contribution in [3.63, 3.8) is 0 Å². The first kappa shape index (κ1) is 16.1. The van der Waals surface area contributed by atoms with Gasteiger partial charge in [-0.1, -0.05) is 0 Å². The molecule has 2 fully saturated rings. The van der Waals surface area contributed by atoms with Crippen molar-refractivity contribution < 1.29 is 14.4 Å². The molecule has 0 spiro atoms. The summed E-state index contributed by atoms with van der Waals surface area (Å²) in [5, 5.41) is 4.81. The van der Waals surface area contributed by atoms with Gasteiger partial charge in [0, 0.05) is 43.2 Å². The van der Waals surface area contributed by atoms with Crippen molar-refractivity contribution in [1.29, 1.82) is 0 Å². The van der Waals surface area contributed by atoms with E-state index in [1.54, 1.807) is 11.4 Å². The summed E-state index contributed by atoms with van der Waals surface area (Å²) in [6.07, 6.45) is 1.84. The fourth-order valence-corrected chi connectivity index (χ4v) is 4.10. The molecule has 23 heavy (non-hydrogen) atoms. The average molecular weight is 335 g/mol. The molecule has 3 heterocycles. The normalized spacial score (nSPS) is 22.3. The zero-order valence-corrected chi connectivity index (χ0v) is 14.0. The minimum Gasteiger partial charge on any atom is -0.336 e. The Balaban J connectivity index is 1.68. The Kier molecular flexibility index (Phi) is 4.77. The second-order valence-electron chi connectivity index (χ2n) is 6.07. The molecule has 6 nitrogen and oxygen atoms in total. The van der Waals surface area contributed by atoms with Crippen molar-refractivity contribution in [3.05, 3.63) is 21.9 Å². The molecule has 2 saturated heterocycles. The minimum atomic E-state index is -0.0326. The molecule has 0 aliphatic carbocycles. The van der Waals surface area contributed by atoms with Gasteiger partial charge in [0.05, 0.1) is 11.4 Å². The molecule has 1 aromatic rings. The Hall–Kier alpha value is -1.73. The minimum absolute atomic E-state index is 0.0248. The van der Waals surface area contributed by atoms with Crippen LogP contribution in [0.3, 0.4) is 0 Å². The Labute approximate surface area is 139 Å². The van der Waals surface area contributed by atoms with Crippen LogP contribution in [-0.4, -0.2) is 66.2 Å². The molecule has 7 heteroatoms. The van der Waals surface area contributed by atoms with Gasteiger partial charge in [-0.05, 0) is 25.8 Å². The fourth-order valence-electron chi connectivity index (χ4n) is 3.19. The maximum absolute atomic E-state index is 12.7. The zero-order chi connectivity index (χ0) is 16.4. The van der Waals surface area contributed by atoms with Gasteiger partial charge in [-0.15, -0.1) is 11.3 Å². The predicted octanol–water partition coefficient (Wildman–Crippen LogP) is 0.987. The molecule has 2 aliphatic heterocycles. The summed E-state index contributed by atoms with van der Waals surface area (Å²) >= 11 is 1.31. The summed E-state index contributed by atoms with van der Waals surface area (Å²) in [7, 11) is 0. The lowest BCUT2D eigenvalue weighted by atomic mass is 10.0. The Morgan fingerprint density at radius 1 is 1.35 bits per heavy atom. The number of likely N-dealkylation sites (tertiary alicyclic amines) is 1. The van der Waals surface area contributed by atoms with Gasteiger partial charge in [-0.2, -0.15) is 0 Å². The molecule has 1 unspecified atom stereocenters. The third-order valence-corrected chi connectivity index (χ3v) is 5.39. The van der Waals surface area contributed by atoms with Gasteiger partial charge in [0.2, 0.25) is 5.91 Å². The lowest BCUT2D eigenvalue weighted by Gasteiger charge is -2.41. The molecular formula is C16H21N3O3S. The van der Waals surface area contributed by atoms with E-state index >= 15 is 0 Å². The Morgan fingerprint density at radius 3 is 2.87 bits per heavy atom. The maximum atomic E-state index is 12.7. The van der Waals surface area contributed by atoms with Gasteiger partial charge in [0.25, 0.3) is 5.91 Å². The van der Waals surface area contributed by atoms with Crippen LogP contribution in [0.2, 0.25) is 0 Å². The van der Waals surface area contributed by atoms with Crippen LogP contribution >= 0.6 is 11.3 Å². The molecule has 0 aromatic carbocycles. The third kappa shape index (κ3) is 3.45. The molecule has 2 amide bonds. The number of amides is 2. The number of carbonyl (C=O) groups excluding carboxylic acids is 3. The number of hydrogen-bond donors (Lipinski definition) is 1. The van der Waals surface area contributed by atoms with E-state index in [9.17, 15) is 14.4 Å². The van der Waals surface area contributed by atoms with Crippen molar-refractivity contribution in [3.8, 4) is 0 Å². The number of piperazine rings is 1. The van der Waals surface area contributed by atoms with Crippen molar-refractivity contribution >= 4 is 28.9 Å². The molecule has 0 bridgehead atoms. The zero-order valence-electron chi connectivity index (χ0n) is 13.2. The number of ketones is 1. The lowest BCUT2D eigenvalue weighted by Crippen LogP contribution is -2.57. The highest BCUT2D eigenvalue weighted by atomic mass is 32.1. The average Bonchev–Trinajstić information content (AvgIpc) is 3.05. The van der Waals surface area contributed by atoms with Crippen LogP contribution < -0.4 is 5.32 Å². The molecule has 0 saturated carbocycles. The highest BCUT2D eigenvalue weighted by Crippen LogP contribution is 2.22. The molecule has 2 aliphatic rings. The first-order valence-corrected chi connectivity index (χ1v) is 8.83. The number of rotatable bonds is 3. The highest BCUT2D eigenvalue weighted by molar-refractivity contribution is 7.12. The largest absolute Gasteiger partial charge is 0.336 e.